The highest BCUT2D eigenvalue weighted by Gasteiger charge is 2.24. The first kappa shape index (κ1) is 42.5. The number of benzene rings is 4. The van der Waals surface area contributed by atoms with Gasteiger partial charge in [0.05, 0.1) is 49.2 Å². The second-order valence-corrected chi connectivity index (χ2v) is 14.2. The molecule has 14 nitrogen and oxygen atoms in total. The van der Waals surface area contributed by atoms with Crippen LogP contribution in [-0.2, 0) is 27.5 Å². The summed E-state index contributed by atoms with van der Waals surface area (Å²) < 4.78 is 28.6. The van der Waals surface area contributed by atoms with E-state index in [0.717, 1.165) is 33.7 Å². The number of carbonyl (C=O) groups excluding carboxylic acids is 1. The van der Waals surface area contributed by atoms with Crippen LogP contribution in [0.4, 0.5) is 17.2 Å². The molecule has 2 aromatic heterocycles. The van der Waals surface area contributed by atoms with E-state index in [1.54, 1.807) is 0 Å². The number of para-hydroxylation sites is 2. The van der Waals surface area contributed by atoms with Crippen molar-refractivity contribution in [3.63, 3.8) is 0 Å². The number of pyridine rings is 2. The molecule has 0 saturated carbocycles. The summed E-state index contributed by atoms with van der Waals surface area (Å²) in [6.45, 7) is 5.51. The number of aromatic nitrogens is 2. The van der Waals surface area contributed by atoms with Crippen LogP contribution < -0.4 is 35.5 Å². The molecule has 314 valence electrons. The van der Waals surface area contributed by atoms with Gasteiger partial charge in [-0.05, 0) is 47.5 Å². The predicted octanol–water partition coefficient (Wildman–Crippen LogP) is 6.52. The Labute approximate surface area is 360 Å². The SMILES string of the molecule is N#Cc1c(N2CCOCC2)cc(-c2ccccc2OCc2ccccc2)nc1N.N#Cc1c(N2CCOCC2)cc(-c2ccccc2OCc2ccccc2)nc1OCC(N)=O. The quantitative estimate of drug-likeness (QED) is 0.128. The molecule has 2 aliphatic rings. The third-order valence-electron chi connectivity index (χ3n) is 10.1. The van der Waals surface area contributed by atoms with E-state index in [0.29, 0.717) is 94.2 Å². The van der Waals surface area contributed by atoms with E-state index in [9.17, 15) is 15.3 Å². The van der Waals surface area contributed by atoms with Gasteiger partial charge in [0.2, 0.25) is 5.88 Å². The number of hydrogen-bond donors (Lipinski definition) is 2. The summed E-state index contributed by atoms with van der Waals surface area (Å²) in [7, 11) is 0. The largest absolute Gasteiger partial charge is 0.488 e. The van der Waals surface area contributed by atoms with Gasteiger partial charge in [-0.15, -0.1) is 0 Å². The van der Waals surface area contributed by atoms with E-state index in [-0.39, 0.29) is 23.9 Å². The fraction of sp³-hybridized carbons (Fsp3) is 0.229. The zero-order chi connectivity index (χ0) is 43.1. The number of morpholine rings is 2. The molecule has 2 aliphatic heterocycles. The average Bonchev–Trinajstić information content (AvgIpc) is 3.33. The zero-order valence-corrected chi connectivity index (χ0v) is 34.1. The Bertz CT molecular complexity index is 2530. The Morgan fingerprint density at radius 2 is 1.05 bits per heavy atom. The number of primary amides is 1. The summed E-state index contributed by atoms with van der Waals surface area (Å²) in [5, 5.41) is 19.5. The van der Waals surface area contributed by atoms with Crippen LogP contribution in [0, 0.1) is 22.7 Å². The molecule has 62 heavy (non-hydrogen) atoms. The lowest BCUT2D eigenvalue weighted by molar-refractivity contribution is -0.120. The zero-order valence-electron chi connectivity index (χ0n) is 34.1. The van der Waals surface area contributed by atoms with Crippen molar-refractivity contribution in [2.24, 2.45) is 5.73 Å². The maximum Gasteiger partial charge on any atom is 0.255 e. The number of nitrogens with two attached hydrogens (primary N) is 2. The van der Waals surface area contributed by atoms with E-state index < -0.39 is 5.91 Å². The van der Waals surface area contributed by atoms with Gasteiger partial charge in [0.15, 0.2) is 6.61 Å². The van der Waals surface area contributed by atoms with Crippen LogP contribution in [-0.4, -0.2) is 75.1 Å². The van der Waals surface area contributed by atoms with Gasteiger partial charge < -0.3 is 45.0 Å². The lowest BCUT2D eigenvalue weighted by Crippen LogP contribution is -2.36. The van der Waals surface area contributed by atoms with Gasteiger partial charge in [-0.2, -0.15) is 10.5 Å². The molecule has 2 saturated heterocycles. The third-order valence-corrected chi connectivity index (χ3v) is 10.1. The van der Waals surface area contributed by atoms with Crippen molar-refractivity contribution >= 4 is 23.1 Å². The van der Waals surface area contributed by atoms with Crippen molar-refractivity contribution in [1.29, 1.82) is 10.5 Å². The summed E-state index contributed by atoms with van der Waals surface area (Å²) >= 11 is 0. The van der Waals surface area contributed by atoms with Crippen molar-refractivity contribution in [2.75, 3.05) is 74.7 Å². The Kier molecular flexibility index (Phi) is 14.4. The Morgan fingerprint density at radius 1 is 0.613 bits per heavy atom. The number of nitrogens with zero attached hydrogens (tertiary/aromatic N) is 6. The van der Waals surface area contributed by atoms with Crippen LogP contribution in [0.25, 0.3) is 22.5 Å². The summed E-state index contributed by atoms with van der Waals surface area (Å²) in [6.07, 6.45) is 0. The minimum atomic E-state index is -0.648. The fourth-order valence-corrected chi connectivity index (χ4v) is 6.99. The van der Waals surface area contributed by atoms with Crippen LogP contribution in [0.1, 0.15) is 22.3 Å². The summed E-state index contributed by atoms with van der Waals surface area (Å²) in [5.74, 6) is 1.01. The molecule has 0 bridgehead atoms. The predicted molar refractivity (Wildman–Crippen MR) is 235 cm³/mol. The summed E-state index contributed by atoms with van der Waals surface area (Å²) in [6, 6.07) is 43.3. The number of rotatable bonds is 13. The third kappa shape index (κ3) is 10.7. The molecule has 0 radical (unpaired) electrons. The number of nitriles is 2. The van der Waals surface area contributed by atoms with Crippen molar-refractivity contribution in [3.8, 4) is 52.0 Å². The van der Waals surface area contributed by atoms with Gasteiger partial charge in [-0.1, -0.05) is 84.9 Å². The number of anilines is 3. The van der Waals surface area contributed by atoms with Gasteiger partial charge in [-0.25, -0.2) is 9.97 Å². The highest BCUT2D eigenvalue weighted by atomic mass is 16.5. The number of carbonyl (C=O) groups is 1. The lowest BCUT2D eigenvalue weighted by atomic mass is 10.1. The Morgan fingerprint density at radius 3 is 1.52 bits per heavy atom. The first-order valence-electron chi connectivity index (χ1n) is 20.2. The van der Waals surface area contributed by atoms with Crippen LogP contribution >= 0.6 is 0 Å². The van der Waals surface area contributed by atoms with Crippen molar-refractivity contribution in [1.82, 2.24) is 9.97 Å². The molecule has 14 heteroatoms. The molecular formula is C48H46N8O6. The van der Waals surface area contributed by atoms with E-state index >= 15 is 0 Å². The first-order valence-corrected chi connectivity index (χ1v) is 20.2. The molecular weight excluding hydrogens is 785 g/mol. The van der Waals surface area contributed by atoms with Gasteiger partial charge in [-0.3, -0.25) is 4.79 Å². The topological polar surface area (TPSA) is 195 Å². The van der Waals surface area contributed by atoms with Gasteiger partial charge in [0.1, 0.15) is 53.8 Å². The summed E-state index contributed by atoms with van der Waals surface area (Å²) in [5.41, 5.74) is 18.5. The van der Waals surface area contributed by atoms with Crippen LogP contribution in [0.5, 0.6) is 17.4 Å². The average molecular weight is 831 g/mol. The minimum Gasteiger partial charge on any atom is -0.488 e. The molecule has 6 aromatic rings. The number of amides is 1. The van der Waals surface area contributed by atoms with Crippen LogP contribution in [0.3, 0.4) is 0 Å². The monoisotopic (exact) mass is 830 g/mol. The van der Waals surface area contributed by atoms with E-state index in [4.69, 9.17) is 35.2 Å². The number of ether oxygens (including phenoxy) is 5. The number of hydrogen-bond acceptors (Lipinski definition) is 13. The Hall–Kier alpha value is -7.65. The molecule has 4 aromatic carbocycles. The van der Waals surface area contributed by atoms with Gasteiger partial charge >= 0.3 is 0 Å². The highest BCUT2D eigenvalue weighted by Crippen LogP contribution is 2.38. The van der Waals surface area contributed by atoms with Crippen molar-refractivity contribution in [3.05, 3.63) is 144 Å². The van der Waals surface area contributed by atoms with E-state index in [2.05, 4.69) is 31.9 Å². The normalized spacial score (nSPS) is 13.5. The molecule has 0 atom stereocenters. The highest BCUT2D eigenvalue weighted by molar-refractivity contribution is 5.79. The standard InChI is InChI=1S/C25H24N4O4.C23H22N4O2/c26-15-20-22(29-10-12-31-13-11-29)14-21(28-25(20)33-17-24(27)30)19-8-4-5-9-23(19)32-16-18-6-2-1-3-7-18;24-15-19-21(27-10-12-28-13-11-27)14-20(26-23(19)25)18-8-4-5-9-22(18)29-16-17-6-2-1-3-7-17/h1-9,14H,10-13,16-17H2,(H2,27,30);1-9,14H,10-13,16H2,(H2,25,26). The van der Waals surface area contributed by atoms with E-state index in [1.165, 1.54) is 0 Å². The molecule has 4 N–H and O–H groups in total. The fourth-order valence-electron chi connectivity index (χ4n) is 6.99. The smallest absolute Gasteiger partial charge is 0.255 e. The molecule has 4 heterocycles. The molecule has 0 aliphatic carbocycles. The maximum absolute atomic E-state index is 11.3. The van der Waals surface area contributed by atoms with Gasteiger partial charge in [0, 0.05) is 37.3 Å². The second kappa shape index (κ2) is 21.0. The second-order valence-electron chi connectivity index (χ2n) is 14.2. The molecule has 2 fully saturated rings. The minimum absolute atomic E-state index is 0.0631. The van der Waals surface area contributed by atoms with Gasteiger partial charge in [0.25, 0.3) is 5.91 Å². The molecule has 0 unspecified atom stereocenters. The van der Waals surface area contributed by atoms with Crippen molar-refractivity contribution in [2.45, 2.75) is 13.2 Å². The Balaban J connectivity index is 0.000000188. The lowest BCUT2D eigenvalue weighted by Gasteiger charge is -2.30. The summed E-state index contributed by atoms with van der Waals surface area (Å²) in [4.78, 5) is 24.6. The molecule has 0 spiro atoms. The first-order chi connectivity index (χ1) is 30.4. The van der Waals surface area contributed by atoms with Crippen molar-refractivity contribution < 1.29 is 28.5 Å². The maximum atomic E-state index is 11.3. The number of nitrogen functional groups attached to an aromatic ring is 1. The van der Waals surface area contributed by atoms with Crippen LogP contribution in [0.15, 0.2) is 121 Å². The molecule has 1 amide bonds. The van der Waals surface area contributed by atoms with E-state index in [1.807, 2.05) is 121 Å². The molecule has 8 rings (SSSR count). The van der Waals surface area contributed by atoms with Crippen LogP contribution in [0.2, 0.25) is 0 Å².